The Labute approximate surface area is 268 Å². The standard InChI is InChI=1S/C32H39Cl2N7O3/c1-22(42)36-18-23-3-6-39(7-4-23)21-24-12-25(26-14-27(33)17-28(34)15-26)16-29(13-24)44-30-19-37-32(38-20-30)41-10-8-40(9-11-41)31(43)2-5-35/h12-17,19-20,23H,2-11,18,21,35H2,1H3,(H,36,42). The second kappa shape index (κ2) is 15.0. The molecule has 0 radical (unpaired) electrons. The van der Waals surface area contributed by atoms with Crippen LogP contribution in [0.25, 0.3) is 11.1 Å². The van der Waals surface area contributed by atoms with Crippen molar-refractivity contribution in [1.29, 1.82) is 0 Å². The third-order valence-corrected chi connectivity index (χ3v) is 8.48. The Balaban J connectivity index is 1.28. The molecule has 0 bridgehead atoms. The van der Waals surface area contributed by atoms with Gasteiger partial charge in [0.2, 0.25) is 17.8 Å². The Morgan fingerprint density at radius 2 is 1.57 bits per heavy atom. The van der Waals surface area contributed by atoms with Crippen LogP contribution in [0, 0.1) is 5.92 Å². The first-order valence-corrected chi connectivity index (χ1v) is 15.8. The highest BCUT2D eigenvalue weighted by Gasteiger charge is 2.23. The van der Waals surface area contributed by atoms with Crippen LogP contribution in [0.2, 0.25) is 10.0 Å². The zero-order valence-electron chi connectivity index (χ0n) is 25.0. The van der Waals surface area contributed by atoms with Crippen molar-refractivity contribution in [2.45, 2.75) is 32.7 Å². The first-order valence-electron chi connectivity index (χ1n) is 15.1. The maximum atomic E-state index is 12.2. The van der Waals surface area contributed by atoms with Crippen molar-refractivity contribution in [3.05, 3.63) is 64.4 Å². The van der Waals surface area contributed by atoms with Gasteiger partial charge in [0.15, 0.2) is 5.75 Å². The molecule has 3 N–H and O–H groups in total. The second-order valence-corrected chi connectivity index (χ2v) is 12.3. The van der Waals surface area contributed by atoms with Gasteiger partial charge in [-0.3, -0.25) is 14.5 Å². The number of piperidine rings is 1. The van der Waals surface area contributed by atoms with Crippen molar-refractivity contribution in [1.82, 2.24) is 25.1 Å². The molecule has 0 spiro atoms. The monoisotopic (exact) mass is 639 g/mol. The molecule has 2 aliphatic heterocycles. The summed E-state index contributed by atoms with van der Waals surface area (Å²) in [5.74, 6) is 2.40. The number of benzene rings is 2. The summed E-state index contributed by atoms with van der Waals surface area (Å²) in [7, 11) is 0. The maximum Gasteiger partial charge on any atom is 0.225 e. The maximum absolute atomic E-state index is 12.2. The fraction of sp³-hybridized carbons (Fsp3) is 0.438. The highest BCUT2D eigenvalue weighted by Crippen LogP contribution is 2.33. The molecule has 2 aliphatic rings. The average molecular weight is 641 g/mol. The van der Waals surface area contributed by atoms with Crippen LogP contribution in [0.5, 0.6) is 11.5 Å². The molecule has 0 atom stereocenters. The van der Waals surface area contributed by atoms with Crippen molar-refractivity contribution in [3.63, 3.8) is 0 Å². The van der Waals surface area contributed by atoms with Gasteiger partial charge in [0, 0.05) is 69.2 Å². The van der Waals surface area contributed by atoms with Crippen molar-refractivity contribution in [2.24, 2.45) is 11.7 Å². The number of carbonyl (C=O) groups excluding carboxylic acids is 2. The molecule has 2 fully saturated rings. The van der Waals surface area contributed by atoms with Crippen LogP contribution in [0.1, 0.15) is 31.7 Å². The van der Waals surface area contributed by atoms with E-state index in [1.165, 1.54) is 0 Å². The average Bonchev–Trinajstić information content (AvgIpc) is 3.01. The zero-order chi connectivity index (χ0) is 31.1. The van der Waals surface area contributed by atoms with Crippen molar-refractivity contribution < 1.29 is 14.3 Å². The van der Waals surface area contributed by atoms with E-state index in [4.69, 9.17) is 33.7 Å². The molecule has 3 heterocycles. The van der Waals surface area contributed by atoms with E-state index in [1.807, 2.05) is 29.2 Å². The minimum absolute atomic E-state index is 0.0208. The summed E-state index contributed by atoms with van der Waals surface area (Å²) >= 11 is 12.7. The van der Waals surface area contributed by atoms with Gasteiger partial charge in [0.25, 0.3) is 0 Å². The van der Waals surface area contributed by atoms with Gasteiger partial charge in [-0.15, -0.1) is 0 Å². The summed E-state index contributed by atoms with van der Waals surface area (Å²) in [5, 5.41) is 4.08. The molecular formula is C32H39Cl2N7O3. The van der Waals surface area contributed by atoms with E-state index >= 15 is 0 Å². The smallest absolute Gasteiger partial charge is 0.225 e. The van der Waals surface area contributed by atoms with Crippen LogP contribution in [0.4, 0.5) is 5.95 Å². The highest BCUT2D eigenvalue weighted by molar-refractivity contribution is 6.35. The number of nitrogens with two attached hydrogens (primary N) is 1. The molecule has 12 heteroatoms. The molecule has 1 aromatic heterocycles. The number of ether oxygens (including phenoxy) is 1. The van der Waals surface area contributed by atoms with Crippen molar-refractivity contribution in [3.8, 4) is 22.6 Å². The predicted molar refractivity (Wildman–Crippen MR) is 173 cm³/mol. The molecule has 0 saturated carbocycles. The number of anilines is 1. The number of carbonyl (C=O) groups is 2. The van der Waals surface area contributed by atoms with Gasteiger partial charge in [-0.05, 0) is 84.9 Å². The fourth-order valence-corrected chi connectivity index (χ4v) is 6.22. The number of piperazine rings is 1. The van der Waals surface area contributed by atoms with E-state index < -0.39 is 0 Å². The zero-order valence-corrected chi connectivity index (χ0v) is 26.5. The van der Waals surface area contributed by atoms with Gasteiger partial charge >= 0.3 is 0 Å². The van der Waals surface area contributed by atoms with Crippen LogP contribution in [-0.4, -0.2) is 83.9 Å². The summed E-state index contributed by atoms with van der Waals surface area (Å²) < 4.78 is 6.29. The fourth-order valence-electron chi connectivity index (χ4n) is 5.69. The molecule has 2 saturated heterocycles. The lowest BCUT2D eigenvalue weighted by Crippen LogP contribution is -2.49. The number of nitrogens with zero attached hydrogens (tertiary/aromatic N) is 5. The van der Waals surface area contributed by atoms with Gasteiger partial charge in [-0.1, -0.05) is 23.2 Å². The third kappa shape index (κ3) is 8.81. The van der Waals surface area contributed by atoms with Crippen molar-refractivity contribution >= 4 is 41.0 Å². The van der Waals surface area contributed by atoms with Crippen LogP contribution in [0.15, 0.2) is 48.8 Å². The molecular weight excluding hydrogens is 601 g/mol. The molecule has 2 amide bonds. The number of likely N-dealkylation sites (tertiary alicyclic amines) is 1. The normalized spacial score (nSPS) is 16.2. The molecule has 2 aromatic carbocycles. The van der Waals surface area contributed by atoms with E-state index in [0.29, 0.717) is 72.6 Å². The van der Waals surface area contributed by atoms with E-state index in [1.54, 1.807) is 25.4 Å². The van der Waals surface area contributed by atoms with E-state index in [2.05, 4.69) is 31.2 Å². The van der Waals surface area contributed by atoms with Crippen molar-refractivity contribution in [2.75, 3.05) is 57.3 Å². The van der Waals surface area contributed by atoms with Gasteiger partial charge in [0.1, 0.15) is 5.75 Å². The van der Waals surface area contributed by atoms with Gasteiger partial charge in [0.05, 0.1) is 12.4 Å². The number of nitrogens with one attached hydrogen (secondary N) is 1. The Morgan fingerprint density at radius 1 is 0.909 bits per heavy atom. The largest absolute Gasteiger partial charge is 0.454 e. The Hall–Kier alpha value is -3.44. The topological polar surface area (TPSA) is 117 Å². The first kappa shape index (κ1) is 32.0. The second-order valence-electron chi connectivity index (χ2n) is 11.4. The number of hydrogen-bond acceptors (Lipinski definition) is 8. The van der Waals surface area contributed by atoms with Crippen LogP contribution in [0.3, 0.4) is 0 Å². The summed E-state index contributed by atoms with van der Waals surface area (Å²) in [5.41, 5.74) is 8.49. The number of halogens is 2. The Morgan fingerprint density at radius 3 is 2.20 bits per heavy atom. The molecule has 10 nitrogen and oxygen atoms in total. The third-order valence-electron chi connectivity index (χ3n) is 8.04. The molecule has 0 aliphatic carbocycles. The van der Waals surface area contributed by atoms with E-state index in [0.717, 1.165) is 55.7 Å². The quantitative estimate of drug-likeness (QED) is 0.331. The Bertz CT molecular complexity index is 1420. The molecule has 3 aromatic rings. The number of amides is 2. The summed E-state index contributed by atoms with van der Waals surface area (Å²) in [6, 6.07) is 11.7. The molecule has 5 rings (SSSR count). The van der Waals surface area contributed by atoms with Crippen LogP contribution < -0.4 is 20.7 Å². The number of rotatable bonds is 10. The SMILES string of the molecule is CC(=O)NCC1CCN(Cc2cc(Oc3cnc(N4CCN(C(=O)CCN)CC4)nc3)cc(-c3cc(Cl)cc(Cl)c3)c2)CC1. The summed E-state index contributed by atoms with van der Waals surface area (Å²) in [4.78, 5) is 38.9. The summed E-state index contributed by atoms with van der Waals surface area (Å²) in [6.45, 7) is 7.90. The van der Waals surface area contributed by atoms with Crippen LogP contribution >= 0.6 is 23.2 Å². The number of hydrogen-bond donors (Lipinski definition) is 2. The lowest BCUT2D eigenvalue weighted by atomic mass is 9.96. The number of aromatic nitrogens is 2. The van der Waals surface area contributed by atoms with E-state index in [9.17, 15) is 9.59 Å². The predicted octanol–water partition coefficient (Wildman–Crippen LogP) is 4.59. The lowest BCUT2D eigenvalue weighted by Gasteiger charge is -2.34. The van der Waals surface area contributed by atoms with Gasteiger partial charge in [-0.25, -0.2) is 9.97 Å². The Kier molecular flexibility index (Phi) is 10.9. The summed E-state index contributed by atoms with van der Waals surface area (Å²) in [6.07, 6.45) is 5.80. The first-order chi connectivity index (χ1) is 21.2. The molecule has 234 valence electrons. The van der Waals surface area contributed by atoms with Gasteiger partial charge < -0.3 is 25.6 Å². The minimum Gasteiger partial charge on any atom is -0.454 e. The molecule has 0 unspecified atom stereocenters. The minimum atomic E-state index is 0.0208. The highest BCUT2D eigenvalue weighted by atomic mass is 35.5. The lowest BCUT2D eigenvalue weighted by molar-refractivity contribution is -0.131. The van der Waals surface area contributed by atoms with Gasteiger partial charge in [-0.2, -0.15) is 0 Å². The van der Waals surface area contributed by atoms with Crippen LogP contribution in [-0.2, 0) is 16.1 Å². The molecule has 44 heavy (non-hydrogen) atoms. The van der Waals surface area contributed by atoms with E-state index in [-0.39, 0.29) is 11.8 Å².